The number of rotatable bonds is 13. The third kappa shape index (κ3) is 11.1. The molecule has 0 aliphatic carbocycles. The van der Waals surface area contributed by atoms with Gasteiger partial charge in [0.05, 0.1) is 13.0 Å². The van der Waals surface area contributed by atoms with E-state index in [9.17, 15) is 27.6 Å². The van der Waals surface area contributed by atoms with Gasteiger partial charge in [-0.15, -0.1) is 0 Å². The molecule has 2 aromatic rings. The van der Waals surface area contributed by atoms with Gasteiger partial charge in [-0.3, -0.25) is 9.59 Å². The van der Waals surface area contributed by atoms with Crippen LogP contribution in [0.4, 0.5) is 13.2 Å². The van der Waals surface area contributed by atoms with Crippen molar-refractivity contribution >= 4 is 17.8 Å². The number of nitrogens with zero attached hydrogens (tertiary/aromatic N) is 1. The first-order chi connectivity index (χ1) is 21.4. The topological polar surface area (TPSA) is 132 Å². The van der Waals surface area contributed by atoms with E-state index in [1.54, 1.807) is 45.0 Å². The summed E-state index contributed by atoms with van der Waals surface area (Å²) in [5.74, 6) is -1.88. The molecule has 1 aliphatic rings. The Labute approximate surface area is 259 Å². The van der Waals surface area contributed by atoms with Crippen molar-refractivity contribution in [3.63, 3.8) is 0 Å². The summed E-state index contributed by atoms with van der Waals surface area (Å²) < 4.78 is 71.7. The fraction of sp³-hybridized carbons (Fsp3) is 0.548. The van der Waals surface area contributed by atoms with Crippen LogP contribution in [-0.4, -0.2) is 73.9 Å². The first kappa shape index (κ1) is 35.4. The zero-order chi connectivity index (χ0) is 33.0. The first-order valence-electron chi connectivity index (χ1n) is 14.6. The lowest BCUT2D eigenvalue weighted by atomic mass is 10.0. The highest BCUT2D eigenvalue weighted by atomic mass is 19.4. The number of benzene rings is 1. The van der Waals surface area contributed by atoms with Crippen LogP contribution in [-0.2, 0) is 23.8 Å². The maximum Gasteiger partial charge on any atom is 0.389 e. The number of carbonyl (C=O) groups is 3. The molecule has 1 aliphatic heterocycles. The van der Waals surface area contributed by atoms with E-state index in [4.69, 9.17) is 28.4 Å². The predicted octanol–water partition coefficient (Wildman–Crippen LogP) is 5.02. The molecule has 4 atom stereocenters. The van der Waals surface area contributed by atoms with Gasteiger partial charge in [0.2, 0.25) is 6.79 Å². The van der Waals surface area contributed by atoms with Crippen molar-refractivity contribution in [3.8, 4) is 17.2 Å². The second-order valence-electron chi connectivity index (χ2n) is 10.7. The summed E-state index contributed by atoms with van der Waals surface area (Å²) in [4.78, 5) is 42.6. The third-order valence-corrected chi connectivity index (χ3v) is 6.83. The lowest BCUT2D eigenvalue weighted by Crippen LogP contribution is -2.46. The van der Waals surface area contributed by atoms with Gasteiger partial charge in [-0.1, -0.05) is 32.0 Å². The van der Waals surface area contributed by atoms with Crippen LogP contribution in [0.5, 0.6) is 17.2 Å². The van der Waals surface area contributed by atoms with Crippen LogP contribution >= 0.6 is 0 Å². The van der Waals surface area contributed by atoms with Crippen molar-refractivity contribution in [1.82, 2.24) is 10.3 Å². The molecule has 1 amide bonds. The molecule has 4 unspecified atom stereocenters. The molecule has 45 heavy (non-hydrogen) atoms. The molecule has 1 saturated heterocycles. The number of amides is 1. The van der Waals surface area contributed by atoms with Crippen LogP contribution in [0.25, 0.3) is 0 Å². The van der Waals surface area contributed by atoms with E-state index in [0.717, 1.165) is 0 Å². The fourth-order valence-corrected chi connectivity index (χ4v) is 4.54. The summed E-state index contributed by atoms with van der Waals surface area (Å²) in [6, 6.07) is 9.17. The molecule has 0 spiro atoms. The number of pyridine rings is 1. The lowest BCUT2D eigenvalue weighted by molar-refractivity contribution is -0.165. The van der Waals surface area contributed by atoms with Gasteiger partial charge < -0.3 is 33.7 Å². The number of nitrogens with one attached hydrogen (secondary N) is 1. The summed E-state index contributed by atoms with van der Waals surface area (Å²) in [5.41, 5.74) is -0.216. The van der Waals surface area contributed by atoms with Gasteiger partial charge in [0.15, 0.2) is 17.2 Å². The Balaban J connectivity index is 1.76. The maximum absolute atomic E-state index is 13.4. The van der Waals surface area contributed by atoms with Crippen LogP contribution in [0.1, 0.15) is 63.4 Å². The summed E-state index contributed by atoms with van der Waals surface area (Å²) in [5, 5.41) is 2.63. The van der Waals surface area contributed by atoms with E-state index < -0.39 is 67.5 Å². The Morgan fingerprint density at radius 3 is 2.53 bits per heavy atom. The number of hydrogen-bond acceptors (Lipinski definition) is 10. The molecular weight excluding hydrogens is 601 g/mol. The highest BCUT2D eigenvalue weighted by Gasteiger charge is 2.37. The van der Waals surface area contributed by atoms with E-state index in [-0.39, 0.29) is 36.6 Å². The monoisotopic (exact) mass is 640 g/mol. The van der Waals surface area contributed by atoms with Gasteiger partial charge in [-0.05, 0) is 44.7 Å². The van der Waals surface area contributed by atoms with Gasteiger partial charge in [0.25, 0.3) is 5.91 Å². The van der Waals surface area contributed by atoms with E-state index in [1.807, 2.05) is 6.07 Å². The Hall–Kier alpha value is -4.07. The lowest BCUT2D eigenvalue weighted by Gasteiger charge is -2.31. The minimum absolute atomic E-state index is 0.0949. The summed E-state index contributed by atoms with van der Waals surface area (Å²) in [7, 11) is 1.36. The first-order valence-corrected chi connectivity index (χ1v) is 14.6. The summed E-state index contributed by atoms with van der Waals surface area (Å²) in [6.45, 7) is 4.14. The average molecular weight is 641 g/mol. The van der Waals surface area contributed by atoms with Crippen LogP contribution in [0.2, 0.25) is 0 Å². The third-order valence-electron chi connectivity index (χ3n) is 6.83. The van der Waals surface area contributed by atoms with E-state index in [0.29, 0.717) is 18.6 Å². The Bertz CT molecular complexity index is 1260. The zero-order valence-electron chi connectivity index (χ0n) is 25.6. The molecule has 0 radical (unpaired) electrons. The molecular formula is C31H39F3N2O9. The van der Waals surface area contributed by atoms with Gasteiger partial charge in [-0.2, -0.15) is 13.2 Å². The number of aromatic nitrogens is 1. The second kappa shape index (κ2) is 16.8. The van der Waals surface area contributed by atoms with Crippen molar-refractivity contribution in [2.24, 2.45) is 5.92 Å². The van der Waals surface area contributed by atoms with Gasteiger partial charge in [0.1, 0.15) is 30.1 Å². The zero-order valence-corrected chi connectivity index (χ0v) is 25.6. The summed E-state index contributed by atoms with van der Waals surface area (Å²) >= 11 is 0. The molecule has 3 rings (SSSR count). The van der Waals surface area contributed by atoms with Crippen LogP contribution in [0.3, 0.4) is 0 Å². The Morgan fingerprint density at radius 2 is 1.87 bits per heavy atom. The molecule has 1 N–H and O–H groups in total. The number of hydrogen-bond donors (Lipinski definition) is 1. The second-order valence-corrected chi connectivity index (χ2v) is 10.7. The molecule has 1 fully saturated rings. The Morgan fingerprint density at radius 1 is 1.13 bits per heavy atom. The van der Waals surface area contributed by atoms with Crippen molar-refractivity contribution in [2.75, 3.05) is 20.5 Å². The Kier molecular flexibility index (Phi) is 13.3. The van der Waals surface area contributed by atoms with Gasteiger partial charge in [0, 0.05) is 25.3 Å². The van der Waals surface area contributed by atoms with Crippen LogP contribution < -0.4 is 19.5 Å². The average Bonchev–Trinajstić information content (AvgIpc) is 3.04. The number of carbonyl (C=O) groups excluding carboxylic acids is 3. The van der Waals surface area contributed by atoms with Crippen molar-refractivity contribution in [3.05, 3.63) is 48.3 Å². The highest BCUT2D eigenvalue weighted by molar-refractivity contribution is 5.98. The van der Waals surface area contributed by atoms with E-state index in [2.05, 4.69) is 10.3 Å². The minimum Gasteiger partial charge on any atom is -0.493 e. The minimum atomic E-state index is -4.33. The van der Waals surface area contributed by atoms with E-state index in [1.165, 1.54) is 19.4 Å². The van der Waals surface area contributed by atoms with Gasteiger partial charge in [-0.25, -0.2) is 9.78 Å². The molecule has 0 saturated carbocycles. The molecule has 1 aromatic heterocycles. The van der Waals surface area contributed by atoms with Crippen LogP contribution in [0.15, 0.2) is 42.6 Å². The number of cyclic esters (lactones) is 1. The molecule has 14 heteroatoms. The summed E-state index contributed by atoms with van der Waals surface area (Å²) in [6.07, 6.45) is -5.91. The normalized spacial score (nSPS) is 20.7. The van der Waals surface area contributed by atoms with Gasteiger partial charge >= 0.3 is 18.1 Å². The molecule has 0 bridgehead atoms. The predicted molar refractivity (Wildman–Crippen MR) is 154 cm³/mol. The quantitative estimate of drug-likeness (QED) is 0.181. The number of para-hydroxylation sites is 1. The van der Waals surface area contributed by atoms with Crippen LogP contribution in [0, 0.1) is 5.92 Å². The van der Waals surface area contributed by atoms with E-state index >= 15 is 0 Å². The highest BCUT2D eigenvalue weighted by Crippen LogP contribution is 2.30. The smallest absolute Gasteiger partial charge is 0.389 e. The molecule has 248 valence electrons. The fourth-order valence-electron chi connectivity index (χ4n) is 4.54. The SMILES string of the molecule is COc1ccnc(C(=O)NC2CCCC(Oc3ccccc3)C(OCCCC(F)(F)F)C(C)OC2=O)c1OCOC(=O)C(C)C. The number of methoxy groups -OCH3 is 1. The number of ether oxygens (including phenoxy) is 6. The number of halogens is 3. The number of esters is 2. The molecule has 11 nitrogen and oxygen atoms in total. The van der Waals surface area contributed by atoms with Crippen molar-refractivity contribution in [1.29, 1.82) is 0 Å². The molecule has 1 aromatic carbocycles. The maximum atomic E-state index is 13.4. The largest absolute Gasteiger partial charge is 0.493 e. The van der Waals surface area contributed by atoms with Crippen molar-refractivity contribution < 1.29 is 56.0 Å². The van der Waals surface area contributed by atoms with Crippen molar-refractivity contribution in [2.45, 2.75) is 83.4 Å². The standard InChI is InChI=1S/C31H39F3N2O9/c1-19(2)29(38)43-18-42-27-23(40-4)14-16-35-25(27)28(37)36-22-12-8-13-24(45-21-10-6-5-7-11-21)26(20(3)44-30(22)39)41-17-9-15-31(32,33)34/h5-7,10-11,14,16,19-20,22,24,26H,8-9,12-13,15,17-18H2,1-4H3,(H,36,37). The molecule has 2 heterocycles. The number of alkyl halides is 3.